The summed E-state index contributed by atoms with van der Waals surface area (Å²) in [5, 5.41) is 11.5. The number of carboxylic acid groups (broad SMARTS) is 1. The number of nitrogens with one attached hydrogen (secondary N) is 1. The summed E-state index contributed by atoms with van der Waals surface area (Å²) in [6.07, 6.45) is 5.18. The van der Waals surface area contributed by atoms with Gasteiger partial charge in [-0.1, -0.05) is 12.8 Å². The zero-order chi connectivity index (χ0) is 13.5. The van der Waals surface area contributed by atoms with Crippen molar-refractivity contribution in [3.8, 4) is 0 Å². The van der Waals surface area contributed by atoms with E-state index in [-0.39, 0.29) is 24.5 Å². The van der Waals surface area contributed by atoms with Crippen molar-refractivity contribution in [2.24, 2.45) is 5.92 Å². The van der Waals surface area contributed by atoms with Crippen molar-refractivity contribution in [2.45, 2.75) is 57.9 Å². The molecule has 0 aromatic rings. The molecule has 0 unspecified atom stereocenters. The van der Waals surface area contributed by atoms with E-state index in [0.29, 0.717) is 12.3 Å². The van der Waals surface area contributed by atoms with Gasteiger partial charge < -0.3 is 15.2 Å². The van der Waals surface area contributed by atoms with E-state index in [4.69, 9.17) is 5.11 Å². The van der Waals surface area contributed by atoms with E-state index in [2.05, 4.69) is 5.32 Å². The van der Waals surface area contributed by atoms with Crippen LogP contribution in [-0.2, 0) is 14.4 Å². The number of amides is 1. The molecule has 1 rings (SSSR count). The van der Waals surface area contributed by atoms with Gasteiger partial charge >= 0.3 is 5.97 Å². The lowest BCUT2D eigenvalue weighted by Crippen LogP contribution is -2.41. The fraction of sp³-hybridized carbons (Fsp3) is 0.769. The van der Waals surface area contributed by atoms with Crippen LogP contribution in [0.25, 0.3) is 0 Å². The van der Waals surface area contributed by atoms with Gasteiger partial charge in [0.2, 0.25) is 5.91 Å². The van der Waals surface area contributed by atoms with Gasteiger partial charge in [0.25, 0.3) is 0 Å². The summed E-state index contributed by atoms with van der Waals surface area (Å²) in [5.41, 5.74) is 0. The van der Waals surface area contributed by atoms with Crippen LogP contribution in [0.4, 0.5) is 0 Å². The number of hydrogen-bond acceptors (Lipinski definition) is 3. The maximum atomic E-state index is 11.7. The maximum Gasteiger partial charge on any atom is 0.326 e. The molecule has 0 aromatic heterocycles. The first-order valence-corrected chi connectivity index (χ1v) is 6.50. The third-order valence-electron chi connectivity index (χ3n) is 3.37. The van der Waals surface area contributed by atoms with Gasteiger partial charge in [0.05, 0.1) is 0 Å². The summed E-state index contributed by atoms with van der Waals surface area (Å²) >= 11 is 0. The van der Waals surface area contributed by atoms with Crippen LogP contribution in [-0.4, -0.2) is 28.8 Å². The minimum absolute atomic E-state index is 0.0636. The molecular weight excluding hydrogens is 234 g/mol. The van der Waals surface area contributed by atoms with E-state index in [1.54, 1.807) is 0 Å². The Labute approximate surface area is 107 Å². The van der Waals surface area contributed by atoms with Crippen LogP contribution in [0.5, 0.6) is 0 Å². The van der Waals surface area contributed by atoms with Gasteiger partial charge in [-0.2, -0.15) is 0 Å². The number of carbonyl (C=O) groups excluding carboxylic acids is 2. The smallest absolute Gasteiger partial charge is 0.326 e. The van der Waals surface area contributed by atoms with Crippen molar-refractivity contribution >= 4 is 17.7 Å². The average Bonchev–Trinajstić information content (AvgIpc) is 2.76. The first kappa shape index (κ1) is 14.7. The molecule has 1 aliphatic rings. The van der Waals surface area contributed by atoms with Crippen molar-refractivity contribution in [1.29, 1.82) is 0 Å². The Morgan fingerprint density at radius 1 is 1.28 bits per heavy atom. The first-order chi connectivity index (χ1) is 8.49. The zero-order valence-corrected chi connectivity index (χ0v) is 10.8. The monoisotopic (exact) mass is 255 g/mol. The fourth-order valence-corrected chi connectivity index (χ4v) is 2.33. The largest absolute Gasteiger partial charge is 0.480 e. The molecule has 0 bridgehead atoms. The Bertz CT molecular complexity index is 321. The molecule has 2 N–H and O–H groups in total. The molecular formula is C13H21NO4. The SMILES string of the molecule is CC(=O)CC[C@@H](NC(=O)CC1CCCC1)C(=O)O. The number of Topliss-reactive ketones (excluding diaryl/α,β-unsaturated/α-hetero) is 1. The van der Waals surface area contributed by atoms with E-state index >= 15 is 0 Å². The van der Waals surface area contributed by atoms with Gasteiger partial charge in [-0.05, 0) is 32.1 Å². The highest BCUT2D eigenvalue weighted by Crippen LogP contribution is 2.27. The topological polar surface area (TPSA) is 83.5 Å². The van der Waals surface area contributed by atoms with Crippen LogP contribution in [0, 0.1) is 5.92 Å². The predicted octanol–water partition coefficient (Wildman–Crippen LogP) is 1.51. The minimum atomic E-state index is -1.07. The predicted molar refractivity (Wildman–Crippen MR) is 66.1 cm³/mol. The lowest BCUT2D eigenvalue weighted by molar-refractivity contribution is -0.142. The fourth-order valence-electron chi connectivity index (χ4n) is 2.33. The number of rotatable bonds is 7. The number of aliphatic carboxylic acids is 1. The summed E-state index contributed by atoms with van der Waals surface area (Å²) in [6, 6.07) is -0.942. The second-order valence-corrected chi connectivity index (χ2v) is 5.05. The van der Waals surface area contributed by atoms with E-state index in [1.165, 1.54) is 6.92 Å². The number of carboxylic acids is 1. The summed E-state index contributed by atoms with van der Waals surface area (Å²) in [6.45, 7) is 1.42. The van der Waals surface area contributed by atoms with Crippen LogP contribution < -0.4 is 5.32 Å². The molecule has 1 saturated carbocycles. The standard InChI is InChI=1S/C13H21NO4/c1-9(15)6-7-11(13(17)18)14-12(16)8-10-4-2-3-5-10/h10-11H,2-8H2,1H3,(H,14,16)(H,17,18)/t11-/m1/s1. The first-order valence-electron chi connectivity index (χ1n) is 6.50. The number of hydrogen-bond donors (Lipinski definition) is 2. The molecule has 1 amide bonds. The molecule has 0 radical (unpaired) electrons. The average molecular weight is 255 g/mol. The Balaban J connectivity index is 2.36. The van der Waals surface area contributed by atoms with Gasteiger partial charge in [-0.15, -0.1) is 0 Å². The molecule has 0 aliphatic heterocycles. The zero-order valence-electron chi connectivity index (χ0n) is 10.8. The number of ketones is 1. The van der Waals surface area contributed by atoms with Crippen molar-refractivity contribution in [3.05, 3.63) is 0 Å². The van der Waals surface area contributed by atoms with Gasteiger partial charge in [-0.25, -0.2) is 4.79 Å². The molecule has 0 heterocycles. The van der Waals surface area contributed by atoms with Gasteiger partial charge in [0, 0.05) is 12.8 Å². The molecule has 0 aromatic carbocycles. The molecule has 1 aliphatic carbocycles. The Morgan fingerprint density at radius 3 is 2.39 bits per heavy atom. The molecule has 0 spiro atoms. The van der Waals surface area contributed by atoms with Crippen LogP contribution in [0.15, 0.2) is 0 Å². The van der Waals surface area contributed by atoms with Gasteiger partial charge in [0.15, 0.2) is 0 Å². The van der Waals surface area contributed by atoms with Crippen molar-refractivity contribution in [2.75, 3.05) is 0 Å². The second-order valence-electron chi connectivity index (χ2n) is 5.05. The van der Waals surface area contributed by atoms with Crippen molar-refractivity contribution in [1.82, 2.24) is 5.32 Å². The molecule has 102 valence electrons. The Kier molecular flexibility index (Phi) is 5.82. The molecule has 0 saturated heterocycles. The summed E-state index contributed by atoms with van der Waals surface area (Å²) in [5.74, 6) is -0.951. The molecule has 1 atom stereocenters. The van der Waals surface area contributed by atoms with Crippen molar-refractivity contribution < 1.29 is 19.5 Å². The van der Waals surface area contributed by atoms with E-state index in [0.717, 1.165) is 25.7 Å². The normalized spacial score (nSPS) is 17.4. The van der Waals surface area contributed by atoms with E-state index < -0.39 is 12.0 Å². The lowest BCUT2D eigenvalue weighted by atomic mass is 10.0. The summed E-state index contributed by atoms with van der Waals surface area (Å²) in [4.78, 5) is 33.5. The summed E-state index contributed by atoms with van der Waals surface area (Å²) < 4.78 is 0. The molecule has 18 heavy (non-hydrogen) atoms. The highest BCUT2D eigenvalue weighted by molar-refractivity contribution is 5.84. The number of carbonyl (C=O) groups is 3. The highest BCUT2D eigenvalue weighted by atomic mass is 16.4. The third-order valence-corrected chi connectivity index (χ3v) is 3.37. The maximum absolute atomic E-state index is 11.7. The van der Waals surface area contributed by atoms with E-state index in [9.17, 15) is 14.4 Å². The van der Waals surface area contributed by atoms with Crippen molar-refractivity contribution in [3.63, 3.8) is 0 Å². The lowest BCUT2D eigenvalue weighted by Gasteiger charge is -2.15. The third kappa shape index (κ3) is 5.29. The van der Waals surface area contributed by atoms with Gasteiger partial charge in [-0.3, -0.25) is 4.79 Å². The highest BCUT2D eigenvalue weighted by Gasteiger charge is 2.23. The molecule has 5 nitrogen and oxygen atoms in total. The molecule has 1 fully saturated rings. The Hall–Kier alpha value is -1.39. The quantitative estimate of drug-likeness (QED) is 0.722. The molecule has 5 heteroatoms. The Morgan fingerprint density at radius 2 is 1.89 bits per heavy atom. The van der Waals surface area contributed by atoms with Crippen LogP contribution in [0.3, 0.4) is 0 Å². The second kappa shape index (κ2) is 7.13. The van der Waals surface area contributed by atoms with Crippen LogP contribution >= 0.6 is 0 Å². The van der Waals surface area contributed by atoms with Crippen LogP contribution in [0.2, 0.25) is 0 Å². The van der Waals surface area contributed by atoms with Crippen LogP contribution in [0.1, 0.15) is 51.9 Å². The summed E-state index contributed by atoms with van der Waals surface area (Å²) in [7, 11) is 0. The minimum Gasteiger partial charge on any atom is -0.480 e. The van der Waals surface area contributed by atoms with Gasteiger partial charge in [0.1, 0.15) is 11.8 Å². The van der Waals surface area contributed by atoms with E-state index in [1.807, 2.05) is 0 Å².